The molecule has 2 nitrogen and oxygen atoms in total. The van der Waals surface area contributed by atoms with Crippen molar-refractivity contribution in [3.8, 4) is 0 Å². The zero-order valence-electron chi connectivity index (χ0n) is 8.85. The summed E-state index contributed by atoms with van der Waals surface area (Å²) >= 11 is 0. The molecule has 0 radical (unpaired) electrons. The zero-order valence-corrected chi connectivity index (χ0v) is 8.85. The highest BCUT2D eigenvalue weighted by atomic mass is 16.5. The Morgan fingerprint density at radius 2 is 2.00 bits per heavy atom. The lowest BCUT2D eigenvalue weighted by Gasteiger charge is -2.44. The molecular formula is C10H21NO. The van der Waals surface area contributed by atoms with Gasteiger partial charge in [0, 0.05) is 12.6 Å². The Balaban J connectivity index is 2.60. The Kier molecular flexibility index (Phi) is 2.79. The average molecular weight is 171 g/mol. The van der Waals surface area contributed by atoms with Crippen LogP contribution in [0, 0.1) is 5.92 Å². The predicted molar refractivity (Wildman–Crippen MR) is 51.3 cm³/mol. The van der Waals surface area contributed by atoms with Crippen molar-refractivity contribution in [2.24, 2.45) is 5.92 Å². The van der Waals surface area contributed by atoms with Crippen LogP contribution in [0.4, 0.5) is 0 Å². The van der Waals surface area contributed by atoms with Gasteiger partial charge in [-0.2, -0.15) is 0 Å². The van der Waals surface area contributed by atoms with Gasteiger partial charge >= 0.3 is 0 Å². The van der Waals surface area contributed by atoms with E-state index in [1.165, 1.54) is 0 Å². The largest absolute Gasteiger partial charge is 0.369 e. The molecule has 1 fully saturated rings. The number of nitrogens with one attached hydrogen (secondary N) is 1. The van der Waals surface area contributed by atoms with Crippen molar-refractivity contribution in [3.63, 3.8) is 0 Å². The molecule has 3 unspecified atom stereocenters. The van der Waals surface area contributed by atoms with Crippen molar-refractivity contribution in [2.75, 3.05) is 6.54 Å². The first-order valence-corrected chi connectivity index (χ1v) is 4.87. The fraction of sp³-hybridized carbons (Fsp3) is 1.00. The van der Waals surface area contributed by atoms with Crippen LogP contribution in [0.5, 0.6) is 0 Å². The lowest BCUT2D eigenvalue weighted by Crippen LogP contribution is -2.58. The summed E-state index contributed by atoms with van der Waals surface area (Å²) in [6.07, 6.45) is 0.325. The molecule has 0 aromatic rings. The van der Waals surface area contributed by atoms with Gasteiger partial charge in [-0.05, 0) is 26.7 Å². The zero-order chi connectivity index (χ0) is 9.35. The third-order valence-corrected chi connectivity index (χ3v) is 3.16. The Labute approximate surface area is 75.7 Å². The molecule has 1 aliphatic heterocycles. The molecule has 72 valence electrons. The van der Waals surface area contributed by atoms with Crippen LogP contribution in [0.25, 0.3) is 0 Å². The van der Waals surface area contributed by atoms with Crippen LogP contribution in [0.3, 0.4) is 0 Å². The topological polar surface area (TPSA) is 21.3 Å². The van der Waals surface area contributed by atoms with Crippen LogP contribution in [-0.2, 0) is 4.74 Å². The summed E-state index contributed by atoms with van der Waals surface area (Å²) in [7, 11) is 0. The monoisotopic (exact) mass is 171 g/mol. The molecular weight excluding hydrogens is 150 g/mol. The molecule has 0 aromatic carbocycles. The maximum Gasteiger partial charge on any atom is 0.0805 e. The molecule has 0 amide bonds. The molecule has 0 aromatic heterocycles. The van der Waals surface area contributed by atoms with Crippen molar-refractivity contribution in [1.82, 2.24) is 5.32 Å². The lowest BCUT2D eigenvalue weighted by atomic mass is 9.89. The minimum absolute atomic E-state index is 0.0198. The first-order chi connectivity index (χ1) is 5.46. The summed E-state index contributed by atoms with van der Waals surface area (Å²) in [6, 6.07) is 0.483. The van der Waals surface area contributed by atoms with E-state index in [2.05, 4.69) is 39.9 Å². The number of hydrogen-bond acceptors (Lipinski definition) is 2. The molecule has 3 atom stereocenters. The fourth-order valence-corrected chi connectivity index (χ4v) is 1.44. The van der Waals surface area contributed by atoms with Gasteiger partial charge < -0.3 is 10.1 Å². The fourth-order valence-electron chi connectivity index (χ4n) is 1.44. The van der Waals surface area contributed by atoms with E-state index in [9.17, 15) is 0 Å². The van der Waals surface area contributed by atoms with Crippen LogP contribution in [0.15, 0.2) is 0 Å². The summed E-state index contributed by atoms with van der Waals surface area (Å²) in [5.74, 6) is 0.569. The number of hydrogen-bond donors (Lipinski definition) is 1. The van der Waals surface area contributed by atoms with E-state index >= 15 is 0 Å². The van der Waals surface area contributed by atoms with Crippen LogP contribution in [0.1, 0.15) is 34.6 Å². The average Bonchev–Trinajstić information content (AvgIpc) is 1.97. The van der Waals surface area contributed by atoms with Crippen LogP contribution in [-0.4, -0.2) is 24.3 Å². The highest BCUT2D eigenvalue weighted by Gasteiger charge is 2.36. The second-order valence-corrected chi connectivity index (χ2v) is 4.46. The first kappa shape index (κ1) is 10.0. The molecule has 1 N–H and O–H groups in total. The van der Waals surface area contributed by atoms with E-state index in [1.807, 2.05) is 0 Å². The number of morpholine rings is 1. The number of rotatable bonds is 1. The van der Waals surface area contributed by atoms with E-state index in [-0.39, 0.29) is 5.60 Å². The van der Waals surface area contributed by atoms with Crippen LogP contribution in [0.2, 0.25) is 0 Å². The van der Waals surface area contributed by atoms with Crippen LogP contribution >= 0.6 is 0 Å². The van der Waals surface area contributed by atoms with Crippen molar-refractivity contribution < 1.29 is 4.74 Å². The van der Waals surface area contributed by atoms with Gasteiger partial charge in [0.2, 0.25) is 0 Å². The maximum atomic E-state index is 5.98. The second kappa shape index (κ2) is 3.35. The molecule has 1 rings (SSSR count). The smallest absolute Gasteiger partial charge is 0.0805 e. The minimum atomic E-state index is 0.0198. The SMILES string of the molecule is CC1NCC(C)(C(C)C)OC1C. The Bertz CT molecular complexity index is 158. The van der Waals surface area contributed by atoms with Gasteiger partial charge in [-0.1, -0.05) is 13.8 Å². The second-order valence-electron chi connectivity index (χ2n) is 4.46. The highest BCUT2D eigenvalue weighted by molar-refractivity contribution is 4.89. The van der Waals surface area contributed by atoms with E-state index < -0.39 is 0 Å². The molecule has 1 saturated heterocycles. The molecule has 0 bridgehead atoms. The van der Waals surface area contributed by atoms with Gasteiger partial charge in [-0.25, -0.2) is 0 Å². The normalized spacial score (nSPS) is 43.5. The Morgan fingerprint density at radius 1 is 1.42 bits per heavy atom. The van der Waals surface area contributed by atoms with Crippen molar-refractivity contribution in [1.29, 1.82) is 0 Å². The number of ether oxygens (including phenoxy) is 1. The van der Waals surface area contributed by atoms with Gasteiger partial charge in [0.1, 0.15) is 0 Å². The maximum absolute atomic E-state index is 5.98. The van der Waals surface area contributed by atoms with Gasteiger partial charge in [0.25, 0.3) is 0 Å². The van der Waals surface area contributed by atoms with Crippen molar-refractivity contribution >= 4 is 0 Å². The summed E-state index contributed by atoms with van der Waals surface area (Å²) in [5, 5.41) is 3.48. The van der Waals surface area contributed by atoms with Gasteiger partial charge in [0.15, 0.2) is 0 Å². The minimum Gasteiger partial charge on any atom is -0.369 e. The first-order valence-electron chi connectivity index (χ1n) is 4.87. The van der Waals surface area contributed by atoms with E-state index in [1.54, 1.807) is 0 Å². The van der Waals surface area contributed by atoms with E-state index in [4.69, 9.17) is 4.74 Å². The van der Waals surface area contributed by atoms with E-state index in [0.29, 0.717) is 18.1 Å². The Morgan fingerprint density at radius 3 is 2.42 bits per heavy atom. The van der Waals surface area contributed by atoms with E-state index in [0.717, 1.165) is 6.54 Å². The van der Waals surface area contributed by atoms with Crippen molar-refractivity contribution in [2.45, 2.75) is 52.4 Å². The molecule has 0 spiro atoms. The third-order valence-electron chi connectivity index (χ3n) is 3.16. The summed E-state index contributed by atoms with van der Waals surface area (Å²) in [4.78, 5) is 0. The molecule has 12 heavy (non-hydrogen) atoms. The molecule has 0 saturated carbocycles. The third kappa shape index (κ3) is 1.80. The summed E-state index contributed by atoms with van der Waals surface area (Å²) < 4.78 is 5.98. The standard InChI is InChI=1S/C10H21NO/c1-7(2)10(5)6-11-8(3)9(4)12-10/h7-9,11H,6H2,1-5H3. The predicted octanol–water partition coefficient (Wildman–Crippen LogP) is 1.80. The highest BCUT2D eigenvalue weighted by Crippen LogP contribution is 2.26. The van der Waals surface area contributed by atoms with Gasteiger partial charge in [-0.15, -0.1) is 0 Å². The van der Waals surface area contributed by atoms with Crippen LogP contribution < -0.4 is 5.32 Å². The quantitative estimate of drug-likeness (QED) is 0.649. The summed E-state index contributed by atoms with van der Waals surface area (Å²) in [6.45, 7) is 11.9. The lowest BCUT2D eigenvalue weighted by molar-refractivity contribution is -0.138. The van der Waals surface area contributed by atoms with Gasteiger partial charge in [-0.3, -0.25) is 0 Å². The molecule has 1 aliphatic rings. The summed E-state index contributed by atoms with van der Waals surface area (Å²) in [5.41, 5.74) is 0.0198. The molecule has 0 aliphatic carbocycles. The Hall–Kier alpha value is -0.0800. The van der Waals surface area contributed by atoms with Crippen molar-refractivity contribution in [3.05, 3.63) is 0 Å². The molecule has 2 heteroatoms. The molecule has 1 heterocycles. The van der Waals surface area contributed by atoms with Gasteiger partial charge in [0.05, 0.1) is 11.7 Å².